The molecule has 0 aromatic carbocycles. The molecule has 1 rings (SSSR count). The van der Waals surface area contributed by atoms with Crippen LogP contribution in [0.15, 0.2) is 11.6 Å². The monoisotopic (exact) mass is 218 g/mol. The standard InChI is InChI=1S/C8H14N2OS2/c1-13(11)6-2-3-9-7-8-10-4-5-12-8/h4-5,9H,2-3,6-7H2,1H3. The van der Waals surface area contributed by atoms with Crippen LogP contribution in [-0.2, 0) is 17.3 Å². The molecular formula is C8H14N2OS2. The normalized spacial score (nSPS) is 13.0. The smallest absolute Gasteiger partial charge is 0.106 e. The average molecular weight is 218 g/mol. The molecule has 1 atom stereocenters. The number of aromatic nitrogens is 1. The number of hydrogen-bond acceptors (Lipinski definition) is 4. The average Bonchev–Trinajstić information content (AvgIpc) is 2.55. The fraction of sp³-hybridized carbons (Fsp3) is 0.625. The number of thiazole rings is 1. The number of rotatable bonds is 6. The Morgan fingerprint density at radius 3 is 3.15 bits per heavy atom. The summed E-state index contributed by atoms with van der Waals surface area (Å²) in [5.41, 5.74) is 0. The molecule has 13 heavy (non-hydrogen) atoms. The van der Waals surface area contributed by atoms with E-state index < -0.39 is 10.8 Å². The second-order valence-corrected chi connectivity index (χ2v) is 5.27. The third-order valence-electron chi connectivity index (χ3n) is 1.55. The molecule has 0 fully saturated rings. The lowest BCUT2D eigenvalue weighted by molar-refractivity contribution is 0.660. The summed E-state index contributed by atoms with van der Waals surface area (Å²) >= 11 is 1.65. The maximum atomic E-state index is 10.7. The molecule has 5 heteroatoms. The van der Waals surface area contributed by atoms with Crippen LogP contribution in [0.3, 0.4) is 0 Å². The van der Waals surface area contributed by atoms with Gasteiger partial charge in [0.05, 0.1) is 0 Å². The zero-order valence-corrected chi connectivity index (χ0v) is 9.29. The van der Waals surface area contributed by atoms with Crippen molar-refractivity contribution in [2.24, 2.45) is 0 Å². The Balaban J connectivity index is 1.99. The molecule has 1 unspecified atom stereocenters. The fourth-order valence-corrected chi connectivity index (χ4v) is 2.07. The van der Waals surface area contributed by atoms with Crippen LogP contribution in [0.4, 0.5) is 0 Å². The number of nitrogens with zero attached hydrogens (tertiary/aromatic N) is 1. The molecular weight excluding hydrogens is 204 g/mol. The molecule has 0 saturated heterocycles. The molecule has 0 radical (unpaired) electrons. The SMILES string of the molecule is CS(=O)CCCNCc1nccs1. The second-order valence-electron chi connectivity index (χ2n) is 2.73. The minimum atomic E-state index is -0.659. The highest BCUT2D eigenvalue weighted by atomic mass is 32.2. The van der Waals surface area contributed by atoms with Gasteiger partial charge in [0.1, 0.15) is 5.01 Å². The lowest BCUT2D eigenvalue weighted by Gasteiger charge is -2.00. The Bertz CT molecular complexity index is 249. The summed E-state index contributed by atoms with van der Waals surface area (Å²) in [5.74, 6) is 0.783. The van der Waals surface area contributed by atoms with Gasteiger partial charge in [-0.15, -0.1) is 11.3 Å². The van der Waals surface area contributed by atoms with Crippen LogP contribution in [0.25, 0.3) is 0 Å². The van der Waals surface area contributed by atoms with Gasteiger partial charge in [-0.2, -0.15) is 0 Å². The molecule has 0 amide bonds. The van der Waals surface area contributed by atoms with Crippen molar-refractivity contribution in [3.63, 3.8) is 0 Å². The van der Waals surface area contributed by atoms with Crippen LogP contribution < -0.4 is 5.32 Å². The molecule has 1 N–H and O–H groups in total. The summed E-state index contributed by atoms with van der Waals surface area (Å²) in [4.78, 5) is 4.15. The predicted molar refractivity (Wildman–Crippen MR) is 57.4 cm³/mol. The highest BCUT2D eigenvalue weighted by Crippen LogP contribution is 2.02. The van der Waals surface area contributed by atoms with Crippen LogP contribution in [0.2, 0.25) is 0 Å². The summed E-state index contributed by atoms with van der Waals surface area (Å²) in [7, 11) is -0.659. The Labute approximate surface area is 85.0 Å². The second kappa shape index (κ2) is 6.23. The minimum Gasteiger partial charge on any atom is -0.310 e. The van der Waals surface area contributed by atoms with E-state index in [4.69, 9.17) is 0 Å². The van der Waals surface area contributed by atoms with Crippen LogP contribution in [0.1, 0.15) is 11.4 Å². The summed E-state index contributed by atoms with van der Waals surface area (Å²) in [6.45, 7) is 1.74. The van der Waals surface area contributed by atoms with E-state index in [2.05, 4.69) is 10.3 Å². The predicted octanol–water partition coefficient (Wildman–Crippen LogP) is 1.00. The molecule has 1 heterocycles. The quantitative estimate of drug-likeness (QED) is 0.724. The molecule has 0 bridgehead atoms. The lowest BCUT2D eigenvalue weighted by Crippen LogP contribution is -2.16. The largest absolute Gasteiger partial charge is 0.310 e. The van der Waals surface area contributed by atoms with Gasteiger partial charge >= 0.3 is 0 Å². The van der Waals surface area contributed by atoms with Gasteiger partial charge in [0.15, 0.2) is 0 Å². The van der Waals surface area contributed by atoms with Gasteiger partial charge in [0, 0.05) is 40.9 Å². The maximum Gasteiger partial charge on any atom is 0.106 e. The first-order chi connectivity index (χ1) is 6.29. The van der Waals surface area contributed by atoms with Crippen molar-refractivity contribution in [1.82, 2.24) is 10.3 Å². The highest BCUT2D eigenvalue weighted by molar-refractivity contribution is 7.84. The van der Waals surface area contributed by atoms with Crippen LogP contribution in [-0.4, -0.2) is 27.7 Å². The van der Waals surface area contributed by atoms with Crippen molar-refractivity contribution in [1.29, 1.82) is 0 Å². The number of hydrogen-bond donors (Lipinski definition) is 1. The van der Waals surface area contributed by atoms with E-state index in [0.29, 0.717) is 0 Å². The van der Waals surface area contributed by atoms with Crippen molar-refractivity contribution in [3.8, 4) is 0 Å². The Kier molecular flexibility index (Phi) is 5.19. The molecule has 74 valence electrons. The van der Waals surface area contributed by atoms with Crippen molar-refractivity contribution >= 4 is 22.1 Å². The zero-order valence-electron chi connectivity index (χ0n) is 7.66. The highest BCUT2D eigenvalue weighted by Gasteiger charge is 1.94. The third-order valence-corrected chi connectivity index (χ3v) is 3.19. The Morgan fingerprint density at radius 1 is 1.69 bits per heavy atom. The van der Waals surface area contributed by atoms with Crippen LogP contribution in [0.5, 0.6) is 0 Å². The van der Waals surface area contributed by atoms with E-state index in [1.807, 2.05) is 11.6 Å². The maximum absolute atomic E-state index is 10.7. The van der Waals surface area contributed by atoms with E-state index >= 15 is 0 Å². The molecule has 0 saturated carbocycles. The molecule has 1 aromatic rings. The van der Waals surface area contributed by atoms with Gasteiger partial charge in [-0.1, -0.05) is 0 Å². The van der Waals surface area contributed by atoms with Crippen molar-refractivity contribution in [2.45, 2.75) is 13.0 Å². The topological polar surface area (TPSA) is 42.0 Å². The molecule has 1 aromatic heterocycles. The lowest BCUT2D eigenvalue weighted by atomic mass is 10.5. The van der Waals surface area contributed by atoms with Crippen molar-refractivity contribution in [2.75, 3.05) is 18.6 Å². The van der Waals surface area contributed by atoms with E-state index in [1.165, 1.54) is 0 Å². The zero-order chi connectivity index (χ0) is 9.52. The Hall–Kier alpha value is -0.260. The first kappa shape index (κ1) is 10.8. The third kappa shape index (κ3) is 5.13. The summed E-state index contributed by atoms with van der Waals surface area (Å²) in [5, 5.41) is 6.34. The first-order valence-electron chi connectivity index (χ1n) is 4.18. The van der Waals surface area contributed by atoms with Gasteiger partial charge in [0.2, 0.25) is 0 Å². The molecule has 3 nitrogen and oxygen atoms in total. The minimum absolute atomic E-state index is 0.659. The van der Waals surface area contributed by atoms with E-state index in [-0.39, 0.29) is 0 Å². The first-order valence-corrected chi connectivity index (χ1v) is 6.79. The van der Waals surface area contributed by atoms with Gasteiger partial charge in [-0.3, -0.25) is 4.21 Å². The van der Waals surface area contributed by atoms with E-state index in [9.17, 15) is 4.21 Å². The molecule has 0 aliphatic rings. The van der Waals surface area contributed by atoms with Gasteiger partial charge in [-0.05, 0) is 13.0 Å². The van der Waals surface area contributed by atoms with Crippen LogP contribution in [0, 0.1) is 0 Å². The van der Waals surface area contributed by atoms with Gasteiger partial charge < -0.3 is 5.32 Å². The fourth-order valence-electron chi connectivity index (χ4n) is 0.936. The molecule has 0 aliphatic heterocycles. The van der Waals surface area contributed by atoms with Crippen molar-refractivity contribution in [3.05, 3.63) is 16.6 Å². The summed E-state index contributed by atoms with van der Waals surface area (Å²) in [6, 6.07) is 0. The number of nitrogens with one attached hydrogen (secondary N) is 1. The van der Waals surface area contributed by atoms with E-state index in [1.54, 1.807) is 17.6 Å². The Morgan fingerprint density at radius 2 is 2.54 bits per heavy atom. The summed E-state index contributed by atoms with van der Waals surface area (Å²) < 4.78 is 10.7. The van der Waals surface area contributed by atoms with Gasteiger partial charge in [-0.25, -0.2) is 4.98 Å². The van der Waals surface area contributed by atoms with E-state index in [0.717, 1.165) is 30.3 Å². The van der Waals surface area contributed by atoms with Crippen molar-refractivity contribution < 1.29 is 4.21 Å². The summed E-state index contributed by atoms with van der Waals surface area (Å²) in [6.07, 6.45) is 4.51. The van der Waals surface area contributed by atoms with Crippen LogP contribution >= 0.6 is 11.3 Å². The van der Waals surface area contributed by atoms with Gasteiger partial charge in [0.25, 0.3) is 0 Å². The molecule has 0 aliphatic carbocycles. The molecule has 0 spiro atoms.